The van der Waals surface area contributed by atoms with Crippen molar-refractivity contribution in [2.45, 2.75) is 6.54 Å². The van der Waals surface area contributed by atoms with Crippen LogP contribution in [0, 0.1) is 0 Å². The molecule has 6 heteroatoms. The molecule has 4 rings (SSSR count). The molecule has 2 heterocycles. The van der Waals surface area contributed by atoms with Gasteiger partial charge in [0.25, 0.3) is 5.91 Å². The average molecular weight is 368 g/mol. The minimum absolute atomic E-state index is 0.0527. The molecule has 0 aliphatic heterocycles. The monoisotopic (exact) mass is 367 g/mol. The summed E-state index contributed by atoms with van der Waals surface area (Å²) < 4.78 is 11.1. The van der Waals surface area contributed by atoms with E-state index in [1.165, 1.54) is 11.0 Å². The Balaban J connectivity index is 1.68. The number of para-hydroxylation sites is 1. The van der Waals surface area contributed by atoms with Gasteiger partial charge in [-0.1, -0.05) is 35.9 Å². The summed E-state index contributed by atoms with van der Waals surface area (Å²) in [5.74, 6) is -0.223. The minimum Gasteiger partial charge on any atom is -0.425 e. The van der Waals surface area contributed by atoms with Crippen LogP contribution in [0.15, 0.2) is 68.2 Å². The van der Waals surface area contributed by atoms with Crippen LogP contribution in [0.3, 0.4) is 0 Å². The second kappa shape index (κ2) is 6.35. The molecule has 0 saturated heterocycles. The third-order valence-electron chi connectivity index (χ3n) is 4.17. The normalized spacial score (nSPS) is 11.2. The summed E-state index contributed by atoms with van der Waals surface area (Å²) in [6.07, 6.45) is 0. The van der Waals surface area contributed by atoms with Crippen molar-refractivity contribution in [1.82, 2.24) is 4.90 Å². The molecule has 0 unspecified atom stereocenters. The first kappa shape index (κ1) is 16.4. The second-order valence-corrected chi connectivity index (χ2v) is 6.46. The number of fused-ring (bicyclic) bond motifs is 2. The van der Waals surface area contributed by atoms with Crippen molar-refractivity contribution >= 4 is 39.6 Å². The van der Waals surface area contributed by atoms with Gasteiger partial charge in [0.1, 0.15) is 11.0 Å². The molecule has 0 saturated carbocycles. The largest absolute Gasteiger partial charge is 0.425 e. The highest BCUT2D eigenvalue weighted by molar-refractivity contribution is 6.30. The Hall–Kier alpha value is -3.05. The van der Waals surface area contributed by atoms with Crippen LogP contribution in [-0.2, 0) is 6.54 Å². The first-order valence-corrected chi connectivity index (χ1v) is 8.36. The summed E-state index contributed by atoms with van der Waals surface area (Å²) in [5, 5.41) is 1.35. The Kier molecular flexibility index (Phi) is 4.01. The van der Waals surface area contributed by atoms with Crippen molar-refractivity contribution in [3.05, 3.63) is 81.2 Å². The fourth-order valence-electron chi connectivity index (χ4n) is 2.83. The fraction of sp³-hybridized carbons (Fsp3) is 0.100. The summed E-state index contributed by atoms with van der Waals surface area (Å²) in [4.78, 5) is 26.7. The van der Waals surface area contributed by atoms with Crippen molar-refractivity contribution in [1.29, 1.82) is 0 Å². The third-order valence-corrected chi connectivity index (χ3v) is 4.42. The van der Waals surface area contributed by atoms with Crippen LogP contribution in [0.2, 0.25) is 5.02 Å². The Morgan fingerprint density at radius 2 is 1.77 bits per heavy atom. The number of furan rings is 1. The molecule has 26 heavy (non-hydrogen) atoms. The van der Waals surface area contributed by atoms with Gasteiger partial charge in [-0.15, -0.1) is 0 Å². The molecular formula is C20H14ClNO4. The van der Waals surface area contributed by atoms with E-state index in [0.717, 1.165) is 5.56 Å². The Morgan fingerprint density at radius 1 is 1.04 bits per heavy atom. The van der Waals surface area contributed by atoms with Gasteiger partial charge in [0, 0.05) is 24.7 Å². The van der Waals surface area contributed by atoms with Gasteiger partial charge in [0.05, 0.1) is 5.39 Å². The number of nitrogens with zero attached hydrogens (tertiary/aromatic N) is 1. The minimum atomic E-state index is -0.338. The Labute approximate surface area is 153 Å². The molecule has 0 radical (unpaired) electrons. The van der Waals surface area contributed by atoms with Crippen LogP contribution in [0.1, 0.15) is 16.1 Å². The molecule has 2 aromatic carbocycles. The topological polar surface area (TPSA) is 63.7 Å². The zero-order valence-electron chi connectivity index (χ0n) is 13.9. The zero-order valence-corrected chi connectivity index (χ0v) is 14.6. The molecule has 4 aromatic rings. The van der Waals surface area contributed by atoms with E-state index < -0.39 is 0 Å². The lowest BCUT2D eigenvalue weighted by molar-refractivity contribution is 0.0754. The quantitative estimate of drug-likeness (QED) is 0.536. The highest BCUT2D eigenvalue weighted by Crippen LogP contribution is 2.23. The smallest absolute Gasteiger partial charge is 0.302 e. The van der Waals surface area contributed by atoms with E-state index in [4.69, 9.17) is 20.4 Å². The number of rotatable bonds is 3. The SMILES string of the molecule is CN(Cc1ccc(Cl)cc1)C(=O)c1cc2c(=O)c3ccccc3oc2o1. The van der Waals surface area contributed by atoms with Gasteiger partial charge >= 0.3 is 5.78 Å². The van der Waals surface area contributed by atoms with Crippen LogP contribution < -0.4 is 5.43 Å². The molecule has 0 fully saturated rings. The maximum Gasteiger partial charge on any atom is 0.302 e. The van der Waals surface area contributed by atoms with Crippen molar-refractivity contribution < 1.29 is 13.6 Å². The van der Waals surface area contributed by atoms with E-state index >= 15 is 0 Å². The number of amides is 1. The molecule has 5 nitrogen and oxygen atoms in total. The summed E-state index contributed by atoms with van der Waals surface area (Å²) in [5.41, 5.74) is 1.14. The lowest BCUT2D eigenvalue weighted by atomic mass is 10.2. The molecule has 1 amide bonds. The van der Waals surface area contributed by atoms with Crippen molar-refractivity contribution in [2.24, 2.45) is 0 Å². The molecule has 0 aliphatic rings. The highest BCUT2D eigenvalue weighted by atomic mass is 35.5. The number of carbonyl (C=O) groups excluding carboxylic acids is 1. The van der Waals surface area contributed by atoms with Gasteiger partial charge in [-0.25, -0.2) is 0 Å². The Bertz CT molecular complexity index is 1170. The number of halogens is 1. The van der Waals surface area contributed by atoms with Gasteiger partial charge < -0.3 is 13.7 Å². The van der Waals surface area contributed by atoms with E-state index in [9.17, 15) is 9.59 Å². The highest BCUT2D eigenvalue weighted by Gasteiger charge is 2.20. The zero-order chi connectivity index (χ0) is 18.3. The van der Waals surface area contributed by atoms with Crippen LogP contribution in [-0.4, -0.2) is 17.9 Å². The predicted molar refractivity (Wildman–Crippen MR) is 99.5 cm³/mol. The van der Waals surface area contributed by atoms with Crippen LogP contribution in [0.4, 0.5) is 0 Å². The number of hydrogen-bond acceptors (Lipinski definition) is 4. The van der Waals surface area contributed by atoms with Gasteiger partial charge in [-0.3, -0.25) is 9.59 Å². The van der Waals surface area contributed by atoms with Gasteiger partial charge in [0.2, 0.25) is 5.43 Å². The Morgan fingerprint density at radius 3 is 2.54 bits per heavy atom. The van der Waals surface area contributed by atoms with E-state index in [-0.39, 0.29) is 28.3 Å². The fourth-order valence-corrected chi connectivity index (χ4v) is 2.95. The van der Waals surface area contributed by atoms with E-state index in [1.54, 1.807) is 43.4 Å². The van der Waals surface area contributed by atoms with Crippen molar-refractivity contribution in [2.75, 3.05) is 7.05 Å². The lowest BCUT2D eigenvalue weighted by Crippen LogP contribution is -2.25. The van der Waals surface area contributed by atoms with Crippen LogP contribution in [0.25, 0.3) is 22.1 Å². The van der Waals surface area contributed by atoms with Crippen LogP contribution >= 0.6 is 11.6 Å². The summed E-state index contributed by atoms with van der Waals surface area (Å²) in [6.45, 7) is 0.385. The molecular weight excluding hydrogens is 354 g/mol. The van der Waals surface area contributed by atoms with Crippen molar-refractivity contribution in [3.8, 4) is 0 Å². The number of benzene rings is 2. The molecule has 130 valence electrons. The van der Waals surface area contributed by atoms with Gasteiger partial charge in [0.15, 0.2) is 5.76 Å². The average Bonchev–Trinajstić information content (AvgIpc) is 3.07. The molecule has 0 spiro atoms. The molecule has 2 aromatic heterocycles. The standard InChI is InChI=1S/C20H14ClNO4/c1-22(11-12-6-8-13(21)9-7-12)19(24)17-10-15-18(23)14-4-2-3-5-16(14)25-20(15)26-17/h2-10H,11H2,1H3. The predicted octanol–water partition coefficient (Wildman–Crippen LogP) is 4.46. The molecule has 0 atom stereocenters. The number of carbonyl (C=O) groups is 1. The van der Waals surface area contributed by atoms with Gasteiger partial charge in [-0.05, 0) is 29.8 Å². The van der Waals surface area contributed by atoms with Crippen LogP contribution in [0.5, 0.6) is 0 Å². The first-order valence-electron chi connectivity index (χ1n) is 7.98. The van der Waals surface area contributed by atoms with E-state index in [0.29, 0.717) is 22.5 Å². The van der Waals surface area contributed by atoms with Gasteiger partial charge in [-0.2, -0.15) is 0 Å². The maximum absolute atomic E-state index is 12.7. The number of hydrogen-bond donors (Lipinski definition) is 0. The molecule has 0 aliphatic carbocycles. The summed E-state index contributed by atoms with van der Waals surface area (Å²) in [7, 11) is 1.66. The molecule has 0 N–H and O–H groups in total. The second-order valence-electron chi connectivity index (χ2n) is 6.03. The maximum atomic E-state index is 12.7. The summed E-state index contributed by atoms with van der Waals surface area (Å²) in [6, 6.07) is 15.6. The van der Waals surface area contributed by atoms with E-state index in [1.807, 2.05) is 12.1 Å². The van der Waals surface area contributed by atoms with Crippen molar-refractivity contribution in [3.63, 3.8) is 0 Å². The van der Waals surface area contributed by atoms with E-state index in [2.05, 4.69) is 0 Å². The summed E-state index contributed by atoms with van der Waals surface area (Å²) >= 11 is 5.88. The lowest BCUT2D eigenvalue weighted by Gasteiger charge is -2.15. The third kappa shape index (κ3) is 2.86. The molecule has 0 bridgehead atoms. The first-order chi connectivity index (χ1) is 12.5.